The van der Waals surface area contributed by atoms with Gasteiger partial charge in [-0.25, -0.2) is 4.98 Å². The van der Waals surface area contributed by atoms with Crippen molar-refractivity contribution in [2.24, 2.45) is 4.99 Å². The summed E-state index contributed by atoms with van der Waals surface area (Å²) in [5.74, 6) is 0.955. The van der Waals surface area contributed by atoms with Gasteiger partial charge in [0, 0.05) is 12.7 Å². The highest BCUT2D eigenvalue weighted by atomic mass is 32.1. The van der Waals surface area contributed by atoms with Crippen LogP contribution in [0.4, 0.5) is 5.13 Å². The smallest absolute Gasteiger partial charge is 0.204 e. The van der Waals surface area contributed by atoms with Gasteiger partial charge in [0.15, 0.2) is 5.13 Å². The lowest BCUT2D eigenvalue weighted by atomic mass is 10.1. The lowest BCUT2D eigenvalue weighted by Gasteiger charge is -2.32. The number of rotatable bonds is 5. The highest BCUT2D eigenvalue weighted by molar-refractivity contribution is 7.22. The minimum atomic E-state index is -0.112. The second-order valence-electron chi connectivity index (χ2n) is 6.39. The van der Waals surface area contributed by atoms with Crippen LogP contribution in [0.15, 0.2) is 65.8 Å². The Kier molecular flexibility index (Phi) is 5.22. The van der Waals surface area contributed by atoms with E-state index in [1.165, 1.54) is 0 Å². The molecular weight excluding hydrogens is 370 g/mol. The first-order valence-corrected chi connectivity index (χ1v) is 9.83. The Morgan fingerprint density at radius 3 is 2.82 bits per heavy atom. The van der Waals surface area contributed by atoms with Crippen LogP contribution in [-0.4, -0.2) is 28.6 Å². The van der Waals surface area contributed by atoms with Crippen molar-refractivity contribution >= 4 is 32.6 Å². The number of para-hydroxylation sites is 1. The Labute approximate surface area is 167 Å². The minimum Gasteiger partial charge on any atom is -0.508 e. The molecule has 28 heavy (non-hydrogen) atoms. The average Bonchev–Trinajstić information content (AvgIpc) is 3.13. The third kappa shape index (κ3) is 3.82. The lowest BCUT2D eigenvalue weighted by Crippen LogP contribution is -2.48. The molecule has 0 amide bonds. The monoisotopic (exact) mass is 389 g/mol. The Morgan fingerprint density at radius 2 is 2.04 bits per heavy atom. The maximum absolute atomic E-state index is 9.40. The number of nitrogens with zero attached hydrogens (tertiary/aromatic N) is 4. The third-order valence-corrected chi connectivity index (χ3v) is 5.51. The Balaban J connectivity index is 1.60. The van der Waals surface area contributed by atoms with Crippen molar-refractivity contribution in [1.82, 2.24) is 10.3 Å². The first-order chi connectivity index (χ1) is 13.7. The number of guanidine groups is 1. The topological polar surface area (TPSA) is 84.5 Å². The summed E-state index contributed by atoms with van der Waals surface area (Å²) in [6.45, 7) is 0.585. The number of fused-ring (bicyclic) bond motifs is 1. The number of phenols is 1. The number of nitriles is 1. The molecular formula is C21H19N5OS. The molecule has 1 aliphatic heterocycles. The molecule has 1 aromatic heterocycles. The lowest BCUT2D eigenvalue weighted by molar-refractivity contribution is 0.475. The summed E-state index contributed by atoms with van der Waals surface area (Å²) < 4.78 is 1.10. The van der Waals surface area contributed by atoms with Gasteiger partial charge < -0.3 is 10.4 Å². The van der Waals surface area contributed by atoms with Crippen LogP contribution in [0.2, 0.25) is 0 Å². The minimum absolute atomic E-state index is 0.112. The van der Waals surface area contributed by atoms with E-state index in [4.69, 9.17) is 9.98 Å². The summed E-state index contributed by atoms with van der Waals surface area (Å²) in [6.07, 6.45) is 4.91. The molecule has 140 valence electrons. The molecule has 4 rings (SSSR count). The van der Waals surface area contributed by atoms with Gasteiger partial charge in [0.25, 0.3) is 0 Å². The number of aromatic hydroxyl groups is 1. The van der Waals surface area contributed by atoms with Crippen LogP contribution in [0, 0.1) is 11.3 Å². The second kappa shape index (κ2) is 8.11. The van der Waals surface area contributed by atoms with E-state index < -0.39 is 0 Å². The standard InChI is InChI=1S/C21H19N5OS/c22-12-9-16-11-14-24-20(23-13-10-15-5-7-17(27)8-6-15)26(16)21-25-18-3-1-2-4-19(18)28-21/h1-8,11,14,16,27H,9-10,13H2,(H,23,24). The van der Waals surface area contributed by atoms with E-state index in [1.807, 2.05) is 53.6 Å². The summed E-state index contributed by atoms with van der Waals surface area (Å²) in [5, 5.41) is 22.7. The van der Waals surface area contributed by atoms with Gasteiger partial charge in [-0.3, -0.25) is 9.89 Å². The van der Waals surface area contributed by atoms with Gasteiger partial charge in [0.05, 0.1) is 28.7 Å². The van der Waals surface area contributed by atoms with E-state index in [2.05, 4.69) is 11.4 Å². The molecule has 2 heterocycles. The molecule has 6 nitrogen and oxygen atoms in total. The number of aliphatic imine (C=N–C) groups is 1. The van der Waals surface area contributed by atoms with Crippen molar-refractivity contribution in [3.63, 3.8) is 0 Å². The van der Waals surface area contributed by atoms with Crippen LogP contribution in [0.5, 0.6) is 5.75 Å². The molecule has 0 aliphatic carbocycles. The van der Waals surface area contributed by atoms with Crippen LogP contribution >= 0.6 is 11.3 Å². The number of aromatic nitrogens is 1. The molecule has 0 radical (unpaired) electrons. The Bertz CT molecular complexity index is 1030. The number of benzene rings is 2. The van der Waals surface area contributed by atoms with Gasteiger partial charge in [0.2, 0.25) is 5.96 Å². The van der Waals surface area contributed by atoms with E-state index >= 15 is 0 Å². The maximum atomic E-state index is 9.40. The molecule has 3 aromatic rings. The number of thiazole rings is 1. The van der Waals surface area contributed by atoms with Crippen molar-refractivity contribution in [3.05, 3.63) is 66.4 Å². The molecule has 0 saturated carbocycles. The SMILES string of the molecule is N#CCC1C=CNC(=NCCc2ccc(O)cc2)N1c1nc2ccccc2s1. The fourth-order valence-corrected chi connectivity index (χ4v) is 4.10. The van der Waals surface area contributed by atoms with Crippen molar-refractivity contribution in [2.75, 3.05) is 11.4 Å². The summed E-state index contributed by atoms with van der Waals surface area (Å²) in [5.41, 5.74) is 2.05. The molecule has 0 bridgehead atoms. The summed E-state index contributed by atoms with van der Waals surface area (Å²) >= 11 is 1.59. The van der Waals surface area contributed by atoms with Crippen molar-refractivity contribution in [3.8, 4) is 11.8 Å². The van der Waals surface area contributed by atoms with E-state index in [1.54, 1.807) is 23.5 Å². The molecule has 2 N–H and O–H groups in total. The highest BCUT2D eigenvalue weighted by Crippen LogP contribution is 2.31. The molecule has 1 unspecified atom stereocenters. The van der Waals surface area contributed by atoms with Gasteiger partial charge in [-0.1, -0.05) is 35.6 Å². The van der Waals surface area contributed by atoms with Gasteiger partial charge in [0.1, 0.15) is 5.75 Å². The number of phenolic OH excluding ortho intramolecular Hbond substituents is 1. The summed E-state index contributed by atoms with van der Waals surface area (Å²) in [6, 6.07) is 17.3. The van der Waals surface area contributed by atoms with E-state index in [9.17, 15) is 10.4 Å². The number of nitrogens with one attached hydrogen (secondary N) is 1. The highest BCUT2D eigenvalue weighted by Gasteiger charge is 2.27. The first kappa shape index (κ1) is 18.0. The molecule has 0 fully saturated rings. The predicted molar refractivity (Wildman–Crippen MR) is 113 cm³/mol. The summed E-state index contributed by atoms with van der Waals surface area (Å²) in [7, 11) is 0. The zero-order chi connectivity index (χ0) is 19.3. The van der Waals surface area contributed by atoms with E-state index in [-0.39, 0.29) is 11.8 Å². The van der Waals surface area contributed by atoms with Gasteiger partial charge in [-0.15, -0.1) is 0 Å². The second-order valence-corrected chi connectivity index (χ2v) is 7.40. The van der Waals surface area contributed by atoms with Crippen LogP contribution in [0.25, 0.3) is 10.2 Å². The van der Waals surface area contributed by atoms with Gasteiger partial charge in [-0.2, -0.15) is 5.26 Å². The van der Waals surface area contributed by atoms with E-state index in [0.717, 1.165) is 27.3 Å². The Morgan fingerprint density at radius 1 is 1.21 bits per heavy atom. The van der Waals surface area contributed by atoms with Crippen LogP contribution in [0.1, 0.15) is 12.0 Å². The summed E-state index contributed by atoms with van der Waals surface area (Å²) in [4.78, 5) is 11.5. The fraction of sp³-hybridized carbons (Fsp3) is 0.190. The predicted octanol–water partition coefficient (Wildman–Crippen LogP) is 3.81. The third-order valence-electron chi connectivity index (χ3n) is 4.48. The molecule has 1 aliphatic rings. The van der Waals surface area contributed by atoms with Crippen LogP contribution < -0.4 is 10.2 Å². The molecule has 7 heteroatoms. The Hall–Kier alpha value is -3.37. The number of hydrogen-bond acceptors (Lipinski definition) is 5. The number of anilines is 1. The van der Waals surface area contributed by atoms with Gasteiger partial charge in [-0.05, 0) is 42.3 Å². The van der Waals surface area contributed by atoms with E-state index in [0.29, 0.717) is 18.9 Å². The van der Waals surface area contributed by atoms with Crippen LogP contribution in [-0.2, 0) is 6.42 Å². The quantitative estimate of drug-likeness (QED) is 0.693. The average molecular weight is 389 g/mol. The van der Waals surface area contributed by atoms with Gasteiger partial charge >= 0.3 is 0 Å². The first-order valence-electron chi connectivity index (χ1n) is 9.02. The molecule has 1 atom stereocenters. The normalized spacial score (nSPS) is 17.6. The fourth-order valence-electron chi connectivity index (χ4n) is 3.07. The zero-order valence-electron chi connectivity index (χ0n) is 15.1. The molecule has 0 spiro atoms. The largest absolute Gasteiger partial charge is 0.508 e. The van der Waals surface area contributed by atoms with Crippen molar-refractivity contribution < 1.29 is 5.11 Å². The zero-order valence-corrected chi connectivity index (χ0v) is 15.9. The molecule has 2 aromatic carbocycles. The maximum Gasteiger partial charge on any atom is 0.204 e. The van der Waals surface area contributed by atoms with Crippen LogP contribution in [0.3, 0.4) is 0 Å². The van der Waals surface area contributed by atoms with Crippen molar-refractivity contribution in [1.29, 1.82) is 5.26 Å². The number of hydrogen-bond donors (Lipinski definition) is 2. The van der Waals surface area contributed by atoms with Crippen molar-refractivity contribution in [2.45, 2.75) is 18.9 Å². The molecule has 0 saturated heterocycles.